The van der Waals surface area contributed by atoms with Gasteiger partial charge in [0.25, 0.3) is 0 Å². The van der Waals surface area contributed by atoms with Gasteiger partial charge in [-0.3, -0.25) is 4.79 Å². The first-order valence-corrected chi connectivity index (χ1v) is 3.91. The van der Waals surface area contributed by atoms with Crippen molar-refractivity contribution in [1.82, 2.24) is 0 Å². The fourth-order valence-corrected chi connectivity index (χ4v) is 1.14. The van der Waals surface area contributed by atoms with Gasteiger partial charge in [0.1, 0.15) is 0 Å². The first-order chi connectivity index (χ1) is 5.37. The van der Waals surface area contributed by atoms with Crippen LogP contribution in [0.2, 0.25) is 0 Å². The molecule has 1 N–H and O–H groups in total. The smallest absolute Gasteiger partial charge is 0.311 e. The minimum atomic E-state index is -0.821. The number of rotatable bonds is 4. The number of hydrogen-bond donors (Lipinski definition) is 1. The lowest BCUT2D eigenvalue weighted by molar-refractivity contribution is -0.141. The monoisotopic (exact) mass is 168 g/mol. The molecule has 12 heavy (non-hydrogen) atoms. The third-order valence-corrected chi connectivity index (χ3v) is 2.07. The summed E-state index contributed by atoms with van der Waals surface area (Å²) in [4.78, 5) is 10.8. The van der Waals surface area contributed by atoms with Crippen LogP contribution in [0.25, 0.3) is 0 Å². The maximum atomic E-state index is 10.8. The molecule has 2 heteroatoms. The average molecular weight is 168 g/mol. The van der Waals surface area contributed by atoms with Gasteiger partial charge in [0, 0.05) is 0 Å². The Bertz CT molecular complexity index is 202. The van der Waals surface area contributed by atoms with Gasteiger partial charge in [-0.05, 0) is 19.8 Å². The van der Waals surface area contributed by atoms with Gasteiger partial charge in [0.05, 0.1) is 5.92 Å². The van der Waals surface area contributed by atoms with Crippen LogP contribution in [-0.4, -0.2) is 11.1 Å². The fourth-order valence-electron chi connectivity index (χ4n) is 1.14. The van der Waals surface area contributed by atoms with E-state index in [0.29, 0.717) is 5.57 Å². The summed E-state index contributed by atoms with van der Waals surface area (Å²) in [5.74, 6) is -1.36. The molecule has 0 heterocycles. The molecule has 2 nitrogen and oxygen atoms in total. The molecule has 0 spiro atoms. The van der Waals surface area contributed by atoms with Crippen LogP contribution in [0.15, 0.2) is 24.3 Å². The summed E-state index contributed by atoms with van der Waals surface area (Å²) in [7, 11) is 0. The third kappa shape index (κ3) is 2.53. The zero-order valence-corrected chi connectivity index (χ0v) is 7.92. The molecular formula is C10H16O2. The van der Waals surface area contributed by atoms with Crippen molar-refractivity contribution < 1.29 is 9.90 Å². The van der Waals surface area contributed by atoms with Crippen LogP contribution in [0.5, 0.6) is 0 Å². The van der Waals surface area contributed by atoms with Crippen molar-refractivity contribution >= 4 is 5.97 Å². The highest BCUT2D eigenvalue weighted by Gasteiger charge is 2.25. The molecule has 0 saturated carbocycles. The molecule has 0 bridgehead atoms. The van der Waals surface area contributed by atoms with E-state index in [-0.39, 0.29) is 5.92 Å². The predicted octanol–water partition coefficient (Wildman–Crippen LogP) is 2.48. The molecule has 0 aromatic rings. The first-order valence-electron chi connectivity index (χ1n) is 3.91. The van der Waals surface area contributed by atoms with Crippen LogP contribution in [-0.2, 0) is 4.79 Å². The van der Waals surface area contributed by atoms with Gasteiger partial charge in [-0.25, -0.2) is 0 Å². The topological polar surface area (TPSA) is 37.3 Å². The maximum absolute atomic E-state index is 10.8. The standard InChI is InChI=1S/C10H16O2/c1-6(2)8(5)9(7(3)4)10(11)12/h8-9H,1,3H2,2,4-5H3,(H,11,12)/t8-,9+/m1/s1. The second-order valence-electron chi connectivity index (χ2n) is 3.30. The zero-order chi connectivity index (χ0) is 9.89. The Hall–Kier alpha value is -1.05. The molecule has 0 saturated heterocycles. The lowest BCUT2D eigenvalue weighted by Crippen LogP contribution is -2.22. The predicted molar refractivity (Wildman–Crippen MR) is 49.9 cm³/mol. The molecule has 0 aliphatic carbocycles. The van der Waals surface area contributed by atoms with E-state index < -0.39 is 11.9 Å². The van der Waals surface area contributed by atoms with Crippen molar-refractivity contribution in [2.75, 3.05) is 0 Å². The second kappa shape index (κ2) is 4.10. The Morgan fingerprint density at radius 3 is 1.75 bits per heavy atom. The Labute approximate surface area is 73.6 Å². The van der Waals surface area contributed by atoms with Crippen LogP contribution in [0, 0.1) is 11.8 Å². The van der Waals surface area contributed by atoms with Crippen molar-refractivity contribution in [2.24, 2.45) is 11.8 Å². The molecule has 0 aliphatic heterocycles. The largest absolute Gasteiger partial charge is 0.481 e. The van der Waals surface area contributed by atoms with Gasteiger partial charge in [-0.2, -0.15) is 0 Å². The van der Waals surface area contributed by atoms with Gasteiger partial charge < -0.3 is 5.11 Å². The van der Waals surface area contributed by atoms with E-state index in [1.54, 1.807) is 6.92 Å². The quantitative estimate of drug-likeness (QED) is 0.655. The molecule has 0 rings (SSSR count). The number of aliphatic carboxylic acids is 1. The highest BCUT2D eigenvalue weighted by molar-refractivity contribution is 5.74. The number of hydrogen-bond acceptors (Lipinski definition) is 1. The highest BCUT2D eigenvalue weighted by Crippen LogP contribution is 2.24. The molecule has 0 fully saturated rings. The summed E-state index contributed by atoms with van der Waals surface area (Å²) in [6, 6.07) is 0. The number of carbonyl (C=O) groups is 1. The normalized spacial score (nSPS) is 14.9. The average Bonchev–Trinajstić information content (AvgIpc) is 1.85. The summed E-state index contributed by atoms with van der Waals surface area (Å²) in [5, 5.41) is 8.86. The van der Waals surface area contributed by atoms with Crippen LogP contribution in [0.4, 0.5) is 0 Å². The third-order valence-electron chi connectivity index (χ3n) is 2.07. The molecule has 0 unspecified atom stereocenters. The molecule has 0 aliphatic rings. The molecule has 2 atom stereocenters. The Kier molecular flexibility index (Phi) is 3.74. The number of carboxylic acids is 1. The number of carboxylic acid groups (broad SMARTS) is 1. The van der Waals surface area contributed by atoms with Gasteiger partial charge in [-0.15, -0.1) is 0 Å². The SMILES string of the molecule is C=C(C)[C@H](C(=O)O)[C@H](C)C(=C)C. The van der Waals surface area contributed by atoms with Gasteiger partial charge in [0.2, 0.25) is 0 Å². The van der Waals surface area contributed by atoms with E-state index in [4.69, 9.17) is 5.11 Å². The van der Waals surface area contributed by atoms with Crippen molar-refractivity contribution in [3.05, 3.63) is 24.3 Å². The van der Waals surface area contributed by atoms with Gasteiger partial charge >= 0.3 is 5.97 Å². The van der Waals surface area contributed by atoms with E-state index in [2.05, 4.69) is 13.2 Å². The van der Waals surface area contributed by atoms with Crippen molar-refractivity contribution in [2.45, 2.75) is 20.8 Å². The second-order valence-corrected chi connectivity index (χ2v) is 3.30. The Morgan fingerprint density at radius 2 is 1.67 bits per heavy atom. The summed E-state index contributed by atoms with van der Waals surface area (Å²) >= 11 is 0. The van der Waals surface area contributed by atoms with Crippen LogP contribution in [0.3, 0.4) is 0 Å². The maximum Gasteiger partial charge on any atom is 0.311 e. The lowest BCUT2D eigenvalue weighted by atomic mass is 9.84. The highest BCUT2D eigenvalue weighted by atomic mass is 16.4. The summed E-state index contributed by atoms with van der Waals surface area (Å²) in [5.41, 5.74) is 1.56. The summed E-state index contributed by atoms with van der Waals surface area (Å²) in [6.07, 6.45) is 0. The Balaban J connectivity index is 4.63. The number of allylic oxidation sites excluding steroid dienone is 1. The lowest BCUT2D eigenvalue weighted by Gasteiger charge is -2.20. The molecule has 0 radical (unpaired) electrons. The summed E-state index contributed by atoms with van der Waals surface area (Å²) in [6.45, 7) is 12.8. The molecule has 0 aromatic carbocycles. The zero-order valence-electron chi connectivity index (χ0n) is 7.92. The van der Waals surface area contributed by atoms with Crippen molar-refractivity contribution in [1.29, 1.82) is 0 Å². The van der Waals surface area contributed by atoms with E-state index in [1.807, 2.05) is 13.8 Å². The molecule has 0 aromatic heterocycles. The molecular weight excluding hydrogens is 152 g/mol. The van der Waals surface area contributed by atoms with Crippen LogP contribution >= 0.6 is 0 Å². The minimum absolute atomic E-state index is 0.0417. The van der Waals surface area contributed by atoms with Gasteiger partial charge in [-0.1, -0.05) is 31.2 Å². The first kappa shape index (κ1) is 11.0. The molecule has 68 valence electrons. The fraction of sp³-hybridized carbons (Fsp3) is 0.500. The van der Waals surface area contributed by atoms with E-state index in [0.717, 1.165) is 5.57 Å². The van der Waals surface area contributed by atoms with E-state index >= 15 is 0 Å². The van der Waals surface area contributed by atoms with E-state index in [1.165, 1.54) is 0 Å². The van der Waals surface area contributed by atoms with Crippen LogP contribution < -0.4 is 0 Å². The summed E-state index contributed by atoms with van der Waals surface area (Å²) < 4.78 is 0. The van der Waals surface area contributed by atoms with Gasteiger partial charge in [0.15, 0.2) is 0 Å². The molecule has 0 amide bonds. The van der Waals surface area contributed by atoms with Crippen LogP contribution in [0.1, 0.15) is 20.8 Å². The van der Waals surface area contributed by atoms with Crippen molar-refractivity contribution in [3.63, 3.8) is 0 Å². The Morgan fingerprint density at radius 1 is 1.25 bits per heavy atom. The van der Waals surface area contributed by atoms with Crippen molar-refractivity contribution in [3.8, 4) is 0 Å². The minimum Gasteiger partial charge on any atom is -0.481 e. The van der Waals surface area contributed by atoms with E-state index in [9.17, 15) is 4.79 Å².